The van der Waals surface area contributed by atoms with E-state index >= 15 is 0 Å². The molecule has 0 saturated heterocycles. The summed E-state index contributed by atoms with van der Waals surface area (Å²) in [6.07, 6.45) is 4.31. The number of rotatable bonds is 7. The summed E-state index contributed by atoms with van der Waals surface area (Å²) in [5.74, 6) is 0.389. The Bertz CT molecular complexity index is 1040. The van der Waals surface area contributed by atoms with E-state index in [1.54, 1.807) is 31.1 Å². The monoisotopic (exact) mass is 413 g/mol. The topological polar surface area (TPSA) is 71.5 Å². The molecule has 0 unspecified atom stereocenters. The van der Waals surface area contributed by atoms with E-state index in [9.17, 15) is 9.18 Å². The average molecular weight is 414 g/mol. The van der Waals surface area contributed by atoms with Gasteiger partial charge in [0, 0.05) is 43.4 Å². The van der Waals surface area contributed by atoms with Crippen LogP contribution in [0, 0.1) is 5.82 Å². The van der Waals surface area contributed by atoms with Crippen molar-refractivity contribution in [2.45, 2.75) is 18.8 Å². The Morgan fingerprint density at radius 3 is 2.62 bits per heavy atom. The van der Waals surface area contributed by atoms with E-state index < -0.39 is 0 Å². The highest BCUT2D eigenvalue weighted by Crippen LogP contribution is 2.48. The molecule has 3 aromatic rings. The fourth-order valence-electron chi connectivity index (χ4n) is 3.67. The number of furan rings is 1. The summed E-state index contributed by atoms with van der Waals surface area (Å²) in [6.45, 7) is 1.27. The van der Waals surface area contributed by atoms with Gasteiger partial charge in [-0.1, -0.05) is 11.9 Å². The number of amides is 1. The standard InChI is InChI=1S/C22H24FN3O2S/c1-25-22(27)20-17-11-16(13-3-4-13)18(26(29-2)10-9-24)12-19(17)28-21(20)14-5-7-15(23)8-6-14/h5-8,11-13H,3-4,9-10,24H2,1-2H3,(H,25,27). The molecule has 1 fully saturated rings. The van der Waals surface area contributed by atoms with Crippen molar-refractivity contribution in [2.24, 2.45) is 5.73 Å². The van der Waals surface area contributed by atoms with E-state index in [0.717, 1.165) is 30.5 Å². The van der Waals surface area contributed by atoms with Gasteiger partial charge in [0.25, 0.3) is 5.91 Å². The third kappa shape index (κ3) is 3.72. The molecule has 4 rings (SSSR count). The minimum atomic E-state index is -0.331. The normalized spacial score (nSPS) is 13.7. The van der Waals surface area contributed by atoms with Crippen LogP contribution in [-0.2, 0) is 0 Å². The van der Waals surface area contributed by atoms with Gasteiger partial charge in [-0.15, -0.1) is 0 Å². The smallest absolute Gasteiger partial charge is 0.255 e. The third-order valence-corrected chi connectivity index (χ3v) is 6.06. The Morgan fingerprint density at radius 1 is 1.31 bits per heavy atom. The molecule has 152 valence electrons. The molecule has 1 amide bonds. The predicted molar refractivity (Wildman–Crippen MR) is 117 cm³/mol. The van der Waals surface area contributed by atoms with Gasteiger partial charge in [-0.25, -0.2) is 4.39 Å². The second-order valence-electron chi connectivity index (χ2n) is 7.15. The van der Waals surface area contributed by atoms with E-state index in [0.29, 0.717) is 34.9 Å². The zero-order valence-corrected chi connectivity index (χ0v) is 17.3. The molecule has 2 aromatic carbocycles. The SMILES string of the molecule is CNC(=O)c1c(-c2ccc(F)cc2)oc2cc(N(CCN)SC)c(C3CC3)cc12. The molecule has 0 radical (unpaired) electrons. The number of carbonyl (C=O) groups is 1. The lowest BCUT2D eigenvalue weighted by Gasteiger charge is -2.24. The summed E-state index contributed by atoms with van der Waals surface area (Å²) in [5, 5.41) is 3.49. The van der Waals surface area contributed by atoms with Gasteiger partial charge in [0.2, 0.25) is 0 Å². The van der Waals surface area contributed by atoms with Crippen molar-refractivity contribution in [3.63, 3.8) is 0 Å². The Kier molecular flexibility index (Phi) is 5.52. The fourth-order valence-corrected chi connectivity index (χ4v) is 4.31. The fraction of sp³-hybridized carbons (Fsp3) is 0.318. The Hall–Kier alpha value is -2.51. The minimum Gasteiger partial charge on any atom is -0.455 e. The highest BCUT2D eigenvalue weighted by atomic mass is 32.2. The van der Waals surface area contributed by atoms with Crippen LogP contribution < -0.4 is 15.4 Å². The molecule has 0 aliphatic heterocycles. The molecule has 29 heavy (non-hydrogen) atoms. The van der Waals surface area contributed by atoms with Crippen molar-refractivity contribution < 1.29 is 13.6 Å². The molecule has 3 N–H and O–H groups in total. The Morgan fingerprint density at radius 2 is 2.03 bits per heavy atom. The van der Waals surface area contributed by atoms with Gasteiger partial charge in [-0.3, -0.25) is 4.79 Å². The van der Waals surface area contributed by atoms with Crippen molar-refractivity contribution in [3.8, 4) is 11.3 Å². The van der Waals surface area contributed by atoms with Crippen LogP contribution in [0.3, 0.4) is 0 Å². The maximum absolute atomic E-state index is 13.4. The van der Waals surface area contributed by atoms with E-state index in [4.69, 9.17) is 10.2 Å². The third-order valence-electron chi connectivity index (χ3n) is 5.24. The van der Waals surface area contributed by atoms with Gasteiger partial charge < -0.3 is 19.8 Å². The first-order valence-electron chi connectivity index (χ1n) is 9.67. The second kappa shape index (κ2) is 8.08. The Labute approximate surface area is 173 Å². The number of nitrogens with one attached hydrogen (secondary N) is 1. The van der Waals surface area contributed by atoms with Crippen LogP contribution in [0.2, 0.25) is 0 Å². The molecule has 0 atom stereocenters. The number of hydrogen-bond acceptors (Lipinski definition) is 5. The van der Waals surface area contributed by atoms with E-state index in [2.05, 4.69) is 15.7 Å². The maximum Gasteiger partial charge on any atom is 0.255 e. The summed E-state index contributed by atoms with van der Waals surface area (Å²) in [7, 11) is 1.60. The van der Waals surface area contributed by atoms with Gasteiger partial charge >= 0.3 is 0 Å². The van der Waals surface area contributed by atoms with Crippen LogP contribution in [0.1, 0.15) is 34.7 Å². The largest absolute Gasteiger partial charge is 0.455 e. The number of anilines is 1. The molecule has 1 aliphatic rings. The number of halogens is 1. The van der Waals surface area contributed by atoms with Gasteiger partial charge in [-0.05, 0) is 54.7 Å². The first-order valence-corrected chi connectivity index (χ1v) is 10.9. The number of fused-ring (bicyclic) bond motifs is 1. The number of nitrogens with two attached hydrogens (primary N) is 1. The average Bonchev–Trinajstić information content (AvgIpc) is 3.51. The second-order valence-corrected chi connectivity index (χ2v) is 7.95. The van der Waals surface area contributed by atoms with Crippen LogP contribution >= 0.6 is 11.9 Å². The van der Waals surface area contributed by atoms with Crippen molar-refractivity contribution in [1.29, 1.82) is 0 Å². The van der Waals surface area contributed by atoms with Crippen LogP contribution in [0.4, 0.5) is 10.1 Å². The number of nitrogens with zero attached hydrogens (tertiary/aromatic N) is 1. The van der Waals surface area contributed by atoms with Crippen LogP contribution in [0.25, 0.3) is 22.3 Å². The lowest BCUT2D eigenvalue weighted by Crippen LogP contribution is -2.23. The van der Waals surface area contributed by atoms with Crippen molar-refractivity contribution in [3.05, 3.63) is 53.3 Å². The summed E-state index contributed by atoms with van der Waals surface area (Å²) >= 11 is 1.63. The lowest BCUT2D eigenvalue weighted by atomic mass is 10.0. The summed E-state index contributed by atoms with van der Waals surface area (Å²) in [6, 6.07) is 10.1. The first-order chi connectivity index (χ1) is 14.1. The van der Waals surface area contributed by atoms with Gasteiger partial charge in [0.15, 0.2) is 0 Å². The van der Waals surface area contributed by atoms with Gasteiger partial charge in [0.1, 0.15) is 17.2 Å². The molecule has 1 saturated carbocycles. The molecular formula is C22H24FN3O2S. The highest BCUT2D eigenvalue weighted by Gasteiger charge is 2.31. The lowest BCUT2D eigenvalue weighted by molar-refractivity contribution is 0.0964. The molecule has 0 bridgehead atoms. The summed E-state index contributed by atoms with van der Waals surface area (Å²) < 4.78 is 21.7. The van der Waals surface area contributed by atoms with Crippen molar-refractivity contribution >= 4 is 34.5 Å². The van der Waals surface area contributed by atoms with Crippen LogP contribution in [-0.4, -0.2) is 32.3 Å². The Balaban J connectivity index is 1.95. The number of hydrogen-bond donors (Lipinski definition) is 2. The van der Waals surface area contributed by atoms with Crippen molar-refractivity contribution in [2.75, 3.05) is 30.7 Å². The molecule has 7 heteroatoms. The molecule has 1 aliphatic carbocycles. The number of benzene rings is 2. The molecule has 0 spiro atoms. The summed E-state index contributed by atoms with van der Waals surface area (Å²) in [5.41, 5.74) is 9.90. The van der Waals surface area contributed by atoms with Gasteiger partial charge in [0.05, 0.1) is 11.3 Å². The van der Waals surface area contributed by atoms with Gasteiger partial charge in [-0.2, -0.15) is 0 Å². The summed E-state index contributed by atoms with van der Waals surface area (Å²) in [4.78, 5) is 12.7. The minimum absolute atomic E-state index is 0.221. The predicted octanol–water partition coefficient (Wildman–Crippen LogP) is 4.52. The van der Waals surface area contributed by atoms with E-state index in [1.165, 1.54) is 17.7 Å². The zero-order valence-electron chi connectivity index (χ0n) is 16.5. The maximum atomic E-state index is 13.4. The van der Waals surface area contributed by atoms with Crippen LogP contribution in [0.5, 0.6) is 0 Å². The first kappa shape index (κ1) is 19.8. The van der Waals surface area contributed by atoms with Crippen LogP contribution in [0.15, 0.2) is 40.8 Å². The molecule has 1 heterocycles. The highest BCUT2D eigenvalue weighted by molar-refractivity contribution is 7.99. The van der Waals surface area contributed by atoms with Crippen molar-refractivity contribution in [1.82, 2.24) is 5.32 Å². The zero-order chi connectivity index (χ0) is 20.5. The van der Waals surface area contributed by atoms with E-state index in [1.807, 2.05) is 12.3 Å². The number of carbonyl (C=O) groups excluding carboxylic acids is 1. The molecular weight excluding hydrogens is 389 g/mol. The quantitative estimate of drug-likeness (QED) is 0.557. The molecule has 5 nitrogen and oxygen atoms in total. The van der Waals surface area contributed by atoms with E-state index in [-0.39, 0.29) is 11.7 Å². The molecule has 1 aromatic heterocycles.